The number of hydrogen-bond acceptors (Lipinski definition) is 4. The van der Waals surface area contributed by atoms with Crippen molar-refractivity contribution in [1.29, 1.82) is 0 Å². The summed E-state index contributed by atoms with van der Waals surface area (Å²) >= 11 is 0. The summed E-state index contributed by atoms with van der Waals surface area (Å²) in [5.41, 5.74) is 0.613. The minimum absolute atomic E-state index is 0.107. The van der Waals surface area contributed by atoms with Crippen molar-refractivity contribution in [3.05, 3.63) is 18.0 Å². The molecule has 1 fully saturated rings. The first-order valence-electron chi connectivity index (χ1n) is 6.36. The molecule has 0 aliphatic carbocycles. The van der Waals surface area contributed by atoms with Crippen molar-refractivity contribution >= 4 is 10.0 Å². The monoisotopic (exact) mass is 288 g/mol. The van der Waals surface area contributed by atoms with E-state index in [1.54, 1.807) is 16.8 Å². The van der Waals surface area contributed by atoms with Crippen LogP contribution in [-0.2, 0) is 21.4 Å². The van der Waals surface area contributed by atoms with Crippen molar-refractivity contribution in [2.24, 2.45) is 0 Å². The molecule has 1 aromatic heterocycles. The molecule has 19 heavy (non-hydrogen) atoms. The summed E-state index contributed by atoms with van der Waals surface area (Å²) in [6, 6.07) is 1.65. The lowest BCUT2D eigenvalue weighted by Crippen LogP contribution is -2.40. The SMILES string of the molecule is CC(C)n1cc(S(=O)(=O)N2CCOCC2)cc1CO. The molecule has 1 saturated heterocycles. The van der Waals surface area contributed by atoms with Crippen molar-refractivity contribution < 1.29 is 18.3 Å². The summed E-state index contributed by atoms with van der Waals surface area (Å²) in [5.74, 6) is 0. The highest BCUT2D eigenvalue weighted by molar-refractivity contribution is 7.89. The largest absolute Gasteiger partial charge is 0.390 e. The second-order valence-electron chi connectivity index (χ2n) is 4.84. The highest BCUT2D eigenvalue weighted by atomic mass is 32.2. The lowest BCUT2D eigenvalue weighted by atomic mass is 10.3. The van der Waals surface area contributed by atoms with E-state index in [0.717, 1.165) is 0 Å². The third-order valence-electron chi connectivity index (χ3n) is 3.23. The van der Waals surface area contributed by atoms with Gasteiger partial charge in [0.05, 0.1) is 19.8 Å². The Labute approximate surface area is 113 Å². The van der Waals surface area contributed by atoms with Crippen LogP contribution in [0.5, 0.6) is 0 Å². The van der Waals surface area contributed by atoms with Crippen LogP contribution in [0.15, 0.2) is 17.2 Å². The van der Waals surface area contributed by atoms with Crippen molar-refractivity contribution in [1.82, 2.24) is 8.87 Å². The van der Waals surface area contributed by atoms with Gasteiger partial charge in [-0.15, -0.1) is 0 Å². The van der Waals surface area contributed by atoms with E-state index in [1.165, 1.54) is 4.31 Å². The summed E-state index contributed by atoms with van der Waals surface area (Å²) in [5, 5.41) is 9.31. The van der Waals surface area contributed by atoms with Gasteiger partial charge in [0.1, 0.15) is 4.90 Å². The predicted octanol–water partition coefficient (Wildman–Crippen LogP) is 0.582. The average Bonchev–Trinajstić information content (AvgIpc) is 2.84. The number of aliphatic hydroxyl groups is 1. The lowest BCUT2D eigenvalue weighted by Gasteiger charge is -2.25. The Balaban J connectivity index is 2.34. The molecule has 2 heterocycles. The summed E-state index contributed by atoms with van der Waals surface area (Å²) in [7, 11) is -3.49. The van der Waals surface area contributed by atoms with Crippen molar-refractivity contribution in [3.8, 4) is 0 Å². The molecule has 1 aromatic rings. The molecule has 1 N–H and O–H groups in total. The second-order valence-corrected chi connectivity index (χ2v) is 6.78. The van der Waals surface area contributed by atoms with E-state index in [9.17, 15) is 13.5 Å². The first-order chi connectivity index (χ1) is 8.96. The molecule has 0 spiro atoms. The minimum atomic E-state index is -3.49. The highest BCUT2D eigenvalue weighted by Gasteiger charge is 2.28. The maximum absolute atomic E-state index is 12.5. The van der Waals surface area contributed by atoms with E-state index in [-0.39, 0.29) is 17.5 Å². The number of nitrogens with zero attached hydrogens (tertiary/aromatic N) is 2. The standard InChI is InChI=1S/C12H20N2O4S/c1-10(2)14-8-12(7-11(14)9-15)19(16,17)13-3-5-18-6-4-13/h7-8,10,15H,3-6,9H2,1-2H3. The molecular weight excluding hydrogens is 268 g/mol. The molecule has 7 heteroatoms. The Hall–Kier alpha value is -0.890. The topological polar surface area (TPSA) is 71.8 Å². The van der Waals surface area contributed by atoms with Gasteiger partial charge in [-0.2, -0.15) is 4.31 Å². The Bertz CT molecular complexity index is 530. The van der Waals surface area contributed by atoms with Crippen LogP contribution in [0.1, 0.15) is 25.6 Å². The maximum Gasteiger partial charge on any atom is 0.244 e. The molecule has 0 atom stereocenters. The number of sulfonamides is 1. The molecule has 0 amide bonds. The molecule has 2 rings (SSSR count). The maximum atomic E-state index is 12.5. The van der Waals surface area contributed by atoms with Crippen LogP contribution in [0, 0.1) is 0 Å². The zero-order valence-corrected chi connectivity index (χ0v) is 12.1. The van der Waals surface area contributed by atoms with Gasteiger partial charge in [-0.1, -0.05) is 0 Å². The van der Waals surface area contributed by atoms with E-state index in [0.29, 0.717) is 32.0 Å². The quantitative estimate of drug-likeness (QED) is 0.880. The molecule has 0 aromatic carbocycles. The van der Waals surface area contributed by atoms with Crippen LogP contribution >= 0.6 is 0 Å². The fraction of sp³-hybridized carbons (Fsp3) is 0.667. The number of rotatable bonds is 4. The molecule has 0 bridgehead atoms. The van der Waals surface area contributed by atoms with Gasteiger partial charge in [0, 0.05) is 31.0 Å². The zero-order valence-electron chi connectivity index (χ0n) is 11.2. The van der Waals surface area contributed by atoms with E-state index in [1.807, 2.05) is 13.8 Å². The fourth-order valence-corrected chi connectivity index (χ4v) is 3.64. The molecule has 108 valence electrons. The highest BCUT2D eigenvalue weighted by Crippen LogP contribution is 2.22. The Kier molecular flexibility index (Phi) is 4.29. The van der Waals surface area contributed by atoms with Gasteiger partial charge in [-0.05, 0) is 19.9 Å². The van der Waals surface area contributed by atoms with Crippen LogP contribution in [0.2, 0.25) is 0 Å². The first kappa shape index (κ1) is 14.5. The third kappa shape index (κ3) is 2.84. The number of aliphatic hydroxyl groups excluding tert-OH is 1. The number of ether oxygens (including phenoxy) is 1. The van der Waals surface area contributed by atoms with Gasteiger partial charge < -0.3 is 14.4 Å². The number of morpholine rings is 1. The Morgan fingerprint density at radius 1 is 1.37 bits per heavy atom. The molecule has 0 radical (unpaired) electrons. The summed E-state index contributed by atoms with van der Waals surface area (Å²) < 4.78 is 33.3. The Morgan fingerprint density at radius 2 is 2.00 bits per heavy atom. The predicted molar refractivity (Wildman–Crippen MR) is 70.3 cm³/mol. The van der Waals surface area contributed by atoms with E-state index in [2.05, 4.69) is 0 Å². The summed E-state index contributed by atoms with van der Waals surface area (Å²) in [6.07, 6.45) is 1.60. The number of hydrogen-bond donors (Lipinski definition) is 1. The average molecular weight is 288 g/mol. The van der Waals surface area contributed by atoms with Crippen molar-refractivity contribution in [3.63, 3.8) is 0 Å². The van der Waals surface area contributed by atoms with Gasteiger partial charge in [0.2, 0.25) is 10.0 Å². The molecule has 1 aliphatic rings. The lowest BCUT2D eigenvalue weighted by molar-refractivity contribution is 0.0730. The minimum Gasteiger partial charge on any atom is -0.390 e. The van der Waals surface area contributed by atoms with Crippen molar-refractivity contribution in [2.75, 3.05) is 26.3 Å². The normalized spacial score (nSPS) is 18.1. The summed E-state index contributed by atoms with van der Waals surface area (Å²) in [4.78, 5) is 0.243. The van der Waals surface area contributed by atoms with Crippen molar-refractivity contribution in [2.45, 2.75) is 31.4 Å². The van der Waals surface area contributed by atoms with Gasteiger partial charge in [-0.25, -0.2) is 8.42 Å². The Morgan fingerprint density at radius 3 is 2.47 bits per heavy atom. The van der Waals surface area contributed by atoms with Crippen LogP contribution in [0.25, 0.3) is 0 Å². The molecule has 0 unspecified atom stereocenters. The van der Waals surface area contributed by atoms with Gasteiger partial charge in [0.15, 0.2) is 0 Å². The van der Waals surface area contributed by atoms with E-state index >= 15 is 0 Å². The van der Waals surface area contributed by atoms with Crippen LogP contribution in [-0.4, -0.2) is 48.7 Å². The molecular formula is C12H20N2O4S. The van der Waals surface area contributed by atoms with Gasteiger partial charge in [-0.3, -0.25) is 0 Å². The number of aromatic nitrogens is 1. The second kappa shape index (κ2) is 5.62. The van der Waals surface area contributed by atoms with Gasteiger partial charge >= 0.3 is 0 Å². The first-order valence-corrected chi connectivity index (χ1v) is 7.80. The zero-order chi connectivity index (χ0) is 14.0. The molecule has 0 saturated carbocycles. The van der Waals surface area contributed by atoms with Gasteiger partial charge in [0.25, 0.3) is 0 Å². The fourth-order valence-electron chi connectivity index (χ4n) is 2.18. The van der Waals surface area contributed by atoms with E-state index < -0.39 is 10.0 Å². The van der Waals surface area contributed by atoms with Crippen LogP contribution < -0.4 is 0 Å². The summed E-state index contributed by atoms with van der Waals surface area (Å²) in [6.45, 7) is 5.34. The molecule has 1 aliphatic heterocycles. The van der Waals surface area contributed by atoms with E-state index in [4.69, 9.17) is 4.74 Å². The molecule has 6 nitrogen and oxygen atoms in total. The van der Waals surface area contributed by atoms with Crippen LogP contribution in [0.3, 0.4) is 0 Å². The van der Waals surface area contributed by atoms with Crippen LogP contribution in [0.4, 0.5) is 0 Å². The smallest absolute Gasteiger partial charge is 0.244 e. The third-order valence-corrected chi connectivity index (χ3v) is 5.10.